The lowest BCUT2D eigenvalue weighted by molar-refractivity contribution is 0.0527. The highest BCUT2D eigenvalue weighted by Gasteiger charge is 2.15. The first-order chi connectivity index (χ1) is 14.2. The van der Waals surface area contributed by atoms with Crippen LogP contribution in [0.15, 0.2) is 72.9 Å². The summed E-state index contributed by atoms with van der Waals surface area (Å²) < 4.78 is 5.03. The third-order valence-corrected chi connectivity index (χ3v) is 4.26. The van der Waals surface area contributed by atoms with Crippen molar-refractivity contribution in [3.63, 3.8) is 0 Å². The molecule has 0 saturated heterocycles. The molecule has 2 N–H and O–H groups in total. The van der Waals surface area contributed by atoms with Gasteiger partial charge in [-0.3, -0.25) is 4.79 Å². The number of carbonyl (C=O) groups excluding carboxylic acids is 2. The van der Waals surface area contributed by atoms with Crippen LogP contribution < -0.4 is 10.6 Å². The van der Waals surface area contributed by atoms with Gasteiger partial charge in [0, 0.05) is 12.7 Å². The molecule has 29 heavy (non-hydrogen) atoms. The number of hydrogen-bond acceptors (Lipinski definition) is 5. The molecule has 1 amide bonds. The molecule has 0 radical (unpaired) electrons. The van der Waals surface area contributed by atoms with E-state index in [4.69, 9.17) is 4.74 Å². The molecule has 3 aromatic rings. The third kappa shape index (κ3) is 5.65. The Balaban J connectivity index is 1.59. The molecule has 3 rings (SSSR count). The summed E-state index contributed by atoms with van der Waals surface area (Å²) in [4.78, 5) is 28.9. The van der Waals surface area contributed by atoms with E-state index in [-0.39, 0.29) is 12.5 Å². The van der Waals surface area contributed by atoms with Crippen LogP contribution in [0, 0.1) is 0 Å². The molecule has 148 valence electrons. The molecule has 0 aliphatic rings. The average molecular weight is 389 g/mol. The van der Waals surface area contributed by atoms with E-state index < -0.39 is 5.97 Å². The number of benzene rings is 2. The fourth-order valence-corrected chi connectivity index (χ4v) is 2.79. The monoisotopic (exact) mass is 389 g/mol. The van der Waals surface area contributed by atoms with Crippen molar-refractivity contribution in [2.75, 3.05) is 23.8 Å². The summed E-state index contributed by atoms with van der Waals surface area (Å²) in [5.41, 5.74) is 2.37. The van der Waals surface area contributed by atoms with Gasteiger partial charge in [-0.1, -0.05) is 42.5 Å². The number of ether oxygens (including phenoxy) is 1. The second-order valence-corrected chi connectivity index (χ2v) is 6.31. The van der Waals surface area contributed by atoms with Crippen molar-refractivity contribution in [2.24, 2.45) is 0 Å². The lowest BCUT2D eigenvalue weighted by Gasteiger charge is -2.11. The van der Waals surface area contributed by atoms with Crippen molar-refractivity contribution < 1.29 is 14.3 Å². The Labute approximate surface area is 169 Å². The predicted octanol–water partition coefficient (Wildman–Crippen LogP) is 4.17. The van der Waals surface area contributed by atoms with E-state index in [0.717, 1.165) is 13.0 Å². The highest BCUT2D eigenvalue weighted by atomic mass is 16.5. The fourth-order valence-electron chi connectivity index (χ4n) is 2.79. The standard InChI is InChI=1S/C23H23N3O3/c1-2-29-23(28)19-10-6-7-11-20(19)26-22(27)18-12-13-21(25-16-18)24-15-14-17-8-4-3-5-9-17/h3-13,16H,2,14-15H2,1H3,(H,24,25)(H,26,27). The lowest BCUT2D eigenvalue weighted by atomic mass is 10.1. The predicted molar refractivity (Wildman–Crippen MR) is 113 cm³/mol. The van der Waals surface area contributed by atoms with Gasteiger partial charge in [0.25, 0.3) is 5.91 Å². The van der Waals surface area contributed by atoms with Crippen LogP contribution >= 0.6 is 0 Å². The van der Waals surface area contributed by atoms with Crippen molar-refractivity contribution in [2.45, 2.75) is 13.3 Å². The minimum absolute atomic E-state index is 0.268. The van der Waals surface area contributed by atoms with E-state index in [1.807, 2.05) is 18.2 Å². The molecule has 6 nitrogen and oxygen atoms in total. The number of carbonyl (C=O) groups is 2. The molecule has 0 spiro atoms. The number of pyridine rings is 1. The Morgan fingerprint density at radius 3 is 2.45 bits per heavy atom. The normalized spacial score (nSPS) is 10.2. The Hall–Kier alpha value is -3.67. The zero-order valence-corrected chi connectivity index (χ0v) is 16.2. The van der Waals surface area contributed by atoms with E-state index in [1.54, 1.807) is 43.3 Å². The number of anilines is 2. The van der Waals surface area contributed by atoms with E-state index in [9.17, 15) is 9.59 Å². The molecule has 0 unspecified atom stereocenters. The van der Waals surface area contributed by atoms with Crippen LogP contribution in [0.4, 0.5) is 11.5 Å². The first-order valence-corrected chi connectivity index (χ1v) is 9.48. The first kappa shape index (κ1) is 20.1. The van der Waals surface area contributed by atoms with Gasteiger partial charge in [0.2, 0.25) is 0 Å². The quantitative estimate of drug-likeness (QED) is 0.565. The van der Waals surface area contributed by atoms with E-state index in [1.165, 1.54) is 11.8 Å². The van der Waals surface area contributed by atoms with Gasteiger partial charge in [0.05, 0.1) is 23.4 Å². The number of nitrogens with zero attached hydrogens (tertiary/aromatic N) is 1. The van der Waals surface area contributed by atoms with E-state index in [0.29, 0.717) is 22.6 Å². The molecule has 0 aliphatic heterocycles. The van der Waals surface area contributed by atoms with Gasteiger partial charge in [0.15, 0.2) is 0 Å². The smallest absolute Gasteiger partial charge is 0.340 e. The molecule has 6 heteroatoms. The number of aromatic nitrogens is 1. The molecular weight excluding hydrogens is 366 g/mol. The molecule has 0 aliphatic carbocycles. The molecule has 0 saturated carbocycles. The van der Waals surface area contributed by atoms with Crippen molar-refractivity contribution >= 4 is 23.4 Å². The van der Waals surface area contributed by atoms with Crippen LogP contribution in [0.3, 0.4) is 0 Å². The molecular formula is C23H23N3O3. The number of amides is 1. The summed E-state index contributed by atoms with van der Waals surface area (Å²) in [7, 11) is 0. The maximum absolute atomic E-state index is 12.5. The maximum Gasteiger partial charge on any atom is 0.340 e. The van der Waals surface area contributed by atoms with Crippen molar-refractivity contribution in [3.8, 4) is 0 Å². The van der Waals surface area contributed by atoms with Gasteiger partial charge >= 0.3 is 5.97 Å². The number of rotatable bonds is 8. The molecule has 0 bridgehead atoms. The SMILES string of the molecule is CCOC(=O)c1ccccc1NC(=O)c1ccc(NCCc2ccccc2)nc1. The van der Waals surface area contributed by atoms with Crippen LogP contribution in [0.2, 0.25) is 0 Å². The van der Waals surface area contributed by atoms with Crippen LogP contribution in [-0.2, 0) is 11.2 Å². The molecule has 1 aromatic heterocycles. The molecule has 2 aromatic carbocycles. The summed E-state index contributed by atoms with van der Waals surface area (Å²) in [5, 5.41) is 5.99. The fraction of sp³-hybridized carbons (Fsp3) is 0.174. The van der Waals surface area contributed by atoms with Crippen LogP contribution in [-0.4, -0.2) is 30.0 Å². The Morgan fingerprint density at radius 1 is 0.966 bits per heavy atom. The number of nitrogens with one attached hydrogen (secondary N) is 2. The van der Waals surface area contributed by atoms with Gasteiger partial charge in [-0.2, -0.15) is 0 Å². The Bertz CT molecular complexity index is 957. The highest BCUT2D eigenvalue weighted by Crippen LogP contribution is 2.17. The largest absolute Gasteiger partial charge is 0.462 e. The average Bonchev–Trinajstić information content (AvgIpc) is 2.75. The van der Waals surface area contributed by atoms with Gasteiger partial charge < -0.3 is 15.4 Å². The maximum atomic E-state index is 12.5. The third-order valence-electron chi connectivity index (χ3n) is 4.26. The van der Waals surface area contributed by atoms with Gasteiger partial charge in [-0.15, -0.1) is 0 Å². The van der Waals surface area contributed by atoms with Gasteiger partial charge in [-0.25, -0.2) is 9.78 Å². The van der Waals surface area contributed by atoms with Crippen molar-refractivity contribution in [1.29, 1.82) is 0 Å². The van der Waals surface area contributed by atoms with Crippen molar-refractivity contribution in [3.05, 3.63) is 89.6 Å². The van der Waals surface area contributed by atoms with Crippen molar-refractivity contribution in [1.82, 2.24) is 4.98 Å². The number of hydrogen-bond donors (Lipinski definition) is 2. The molecule has 0 fully saturated rings. The zero-order chi connectivity index (χ0) is 20.5. The van der Waals surface area contributed by atoms with Crippen LogP contribution in [0.25, 0.3) is 0 Å². The lowest BCUT2D eigenvalue weighted by Crippen LogP contribution is -2.16. The topological polar surface area (TPSA) is 80.3 Å². The summed E-state index contributed by atoms with van der Waals surface area (Å²) in [6.07, 6.45) is 2.39. The Kier molecular flexibility index (Phi) is 6.95. The molecule has 1 heterocycles. The molecule has 0 atom stereocenters. The summed E-state index contributed by atoms with van der Waals surface area (Å²) >= 11 is 0. The van der Waals surface area contributed by atoms with Gasteiger partial charge in [-0.05, 0) is 43.2 Å². The summed E-state index contributed by atoms with van der Waals surface area (Å²) in [6.45, 7) is 2.75. The minimum atomic E-state index is -0.473. The van der Waals surface area contributed by atoms with Crippen LogP contribution in [0.5, 0.6) is 0 Å². The van der Waals surface area contributed by atoms with Crippen LogP contribution in [0.1, 0.15) is 33.2 Å². The second kappa shape index (κ2) is 10.0. The highest BCUT2D eigenvalue weighted by molar-refractivity contribution is 6.07. The minimum Gasteiger partial charge on any atom is -0.462 e. The first-order valence-electron chi connectivity index (χ1n) is 9.48. The second-order valence-electron chi connectivity index (χ2n) is 6.31. The zero-order valence-electron chi connectivity index (χ0n) is 16.2. The number of esters is 1. The summed E-state index contributed by atoms with van der Waals surface area (Å²) in [5.74, 6) is -0.117. The number of para-hydroxylation sites is 1. The van der Waals surface area contributed by atoms with E-state index in [2.05, 4.69) is 27.8 Å². The van der Waals surface area contributed by atoms with E-state index >= 15 is 0 Å². The van der Waals surface area contributed by atoms with Gasteiger partial charge in [0.1, 0.15) is 5.82 Å². The summed E-state index contributed by atoms with van der Waals surface area (Å²) in [6, 6.07) is 20.4. The Morgan fingerprint density at radius 2 is 1.72 bits per heavy atom.